The molecule has 5 nitrogen and oxygen atoms in total. The van der Waals surface area contributed by atoms with Gasteiger partial charge in [0.25, 0.3) is 0 Å². The predicted molar refractivity (Wildman–Crippen MR) is 120 cm³/mol. The minimum Gasteiger partial charge on any atom is -0.324 e. The largest absolute Gasteiger partial charge is 0.324 e. The average molecular weight is 411 g/mol. The van der Waals surface area contributed by atoms with Crippen molar-refractivity contribution in [2.24, 2.45) is 0 Å². The van der Waals surface area contributed by atoms with E-state index in [-0.39, 0.29) is 5.91 Å². The van der Waals surface area contributed by atoms with Crippen LogP contribution in [0.2, 0.25) is 0 Å². The summed E-state index contributed by atoms with van der Waals surface area (Å²) in [5.41, 5.74) is 2.75. The molecule has 3 aromatic carbocycles. The lowest BCUT2D eigenvalue weighted by Crippen LogP contribution is -2.23. The molecule has 1 amide bonds. The van der Waals surface area contributed by atoms with E-state index in [0.717, 1.165) is 22.0 Å². The molecule has 0 aliphatic rings. The van der Waals surface area contributed by atoms with E-state index in [0.29, 0.717) is 16.3 Å². The minimum atomic E-state index is -0.419. The predicted octanol–water partition coefficient (Wildman–Crippen LogP) is 5.29. The van der Waals surface area contributed by atoms with Crippen molar-refractivity contribution in [2.75, 3.05) is 5.32 Å². The lowest BCUT2D eigenvalue weighted by atomic mass is 10.1. The van der Waals surface area contributed by atoms with E-state index in [1.165, 1.54) is 11.8 Å². The summed E-state index contributed by atoms with van der Waals surface area (Å²) in [6.07, 6.45) is 0. The van der Waals surface area contributed by atoms with Crippen LogP contribution in [0.1, 0.15) is 12.5 Å². The highest BCUT2D eigenvalue weighted by Crippen LogP contribution is 2.33. The summed E-state index contributed by atoms with van der Waals surface area (Å²) >= 11 is 1.35. The molecule has 0 radical (unpaired) electrons. The summed E-state index contributed by atoms with van der Waals surface area (Å²) < 4.78 is 0. The van der Waals surface area contributed by atoms with Gasteiger partial charge in [0.15, 0.2) is 0 Å². The van der Waals surface area contributed by atoms with Gasteiger partial charge >= 0.3 is 0 Å². The summed E-state index contributed by atoms with van der Waals surface area (Å²) in [6, 6.07) is 26.9. The minimum absolute atomic E-state index is 0.194. The Morgan fingerprint density at radius 2 is 1.60 bits per heavy atom. The van der Waals surface area contributed by atoms with E-state index in [9.17, 15) is 10.1 Å². The molecule has 6 heteroatoms. The van der Waals surface area contributed by atoms with Gasteiger partial charge in [0, 0.05) is 16.3 Å². The smallest absolute Gasteiger partial charge is 0.237 e. The van der Waals surface area contributed by atoms with Crippen LogP contribution in [0.15, 0.2) is 83.9 Å². The van der Waals surface area contributed by atoms with E-state index < -0.39 is 5.25 Å². The molecule has 0 saturated heterocycles. The average Bonchev–Trinajstić information content (AvgIpc) is 2.80. The molecule has 4 rings (SSSR count). The van der Waals surface area contributed by atoms with E-state index >= 15 is 0 Å². The van der Waals surface area contributed by atoms with Crippen molar-refractivity contribution in [1.82, 2.24) is 10.2 Å². The quantitative estimate of drug-likeness (QED) is 0.452. The molecule has 1 heterocycles. The third kappa shape index (κ3) is 4.02. The number of nitrogens with zero attached hydrogens (tertiary/aromatic N) is 3. The first-order valence-corrected chi connectivity index (χ1v) is 10.3. The maximum absolute atomic E-state index is 12.7. The van der Waals surface area contributed by atoms with Gasteiger partial charge in [-0.2, -0.15) is 5.26 Å². The van der Waals surface area contributed by atoms with Crippen LogP contribution < -0.4 is 5.32 Å². The second-order valence-corrected chi connectivity index (χ2v) is 8.00. The van der Waals surface area contributed by atoms with Crippen molar-refractivity contribution in [1.29, 1.82) is 5.26 Å². The van der Waals surface area contributed by atoms with E-state index in [4.69, 9.17) is 0 Å². The zero-order valence-corrected chi connectivity index (χ0v) is 17.1. The molecule has 1 aromatic heterocycles. The summed E-state index contributed by atoms with van der Waals surface area (Å²) in [7, 11) is 0. The van der Waals surface area contributed by atoms with Gasteiger partial charge in [-0.15, -0.1) is 10.2 Å². The molecule has 0 saturated carbocycles. The number of fused-ring (bicyclic) bond motifs is 1. The number of nitrogens with one attached hydrogen (secondary N) is 1. The fourth-order valence-electron chi connectivity index (χ4n) is 3.12. The molecule has 30 heavy (non-hydrogen) atoms. The summed E-state index contributed by atoms with van der Waals surface area (Å²) in [5.74, 6) is -0.194. The van der Waals surface area contributed by atoms with Crippen LogP contribution in [0, 0.1) is 11.3 Å². The van der Waals surface area contributed by atoms with Crippen LogP contribution in [0.5, 0.6) is 0 Å². The van der Waals surface area contributed by atoms with Gasteiger partial charge in [-0.25, -0.2) is 0 Å². The number of rotatable bonds is 5. The Hall–Kier alpha value is -3.69. The zero-order valence-electron chi connectivity index (χ0n) is 16.2. The number of nitriles is 1. The number of hydrogen-bond donors (Lipinski definition) is 1. The number of aromatic nitrogens is 2. The molecule has 1 unspecified atom stereocenters. The lowest BCUT2D eigenvalue weighted by Gasteiger charge is -2.14. The van der Waals surface area contributed by atoms with Crippen molar-refractivity contribution in [2.45, 2.75) is 17.2 Å². The highest BCUT2D eigenvalue weighted by Gasteiger charge is 2.19. The van der Waals surface area contributed by atoms with Gasteiger partial charge in [-0.05, 0) is 19.1 Å². The van der Waals surface area contributed by atoms with Crippen molar-refractivity contribution in [3.63, 3.8) is 0 Å². The summed E-state index contributed by atoms with van der Waals surface area (Å²) in [6.45, 7) is 1.82. The number of para-hydroxylation sites is 1. The standard InChI is InChI=1S/C24H18N4OS/c1-16(23(29)26-21-14-8-5-11-18(21)15-25)30-24-20-13-7-6-12-19(20)22(27-28-24)17-9-3-2-4-10-17/h2-14,16H,1H3,(H,26,29). The van der Waals surface area contributed by atoms with Gasteiger partial charge in [0.1, 0.15) is 16.8 Å². The number of hydrogen-bond acceptors (Lipinski definition) is 5. The Morgan fingerprint density at radius 3 is 2.37 bits per heavy atom. The molecule has 0 aliphatic carbocycles. The van der Waals surface area contributed by atoms with Gasteiger partial charge in [-0.3, -0.25) is 4.79 Å². The Bertz CT molecular complexity index is 1250. The highest BCUT2D eigenvalue weighted by atomic mass is 32.2. The fourth-order valence-corrected chi connectivity index (χ4v) is 4.01. The highest BCUT2D eigenvalue weighted by molar-refractivity contribution is 8.00. The molecule has 1 atom stereocenters. The molecule has 0 fully saturated rings. The maximum atomic E-state index is 12.7. The second-order valence-electron chi connectivity index (χ2n) is 6.67. The van der Waals surface area contributed by atoms with Crippen molar-refractivity contribution >= 4 is 34.1 Å². The van der Waals surface area contributed by atoms with Crippen LogP contribution in [-0.4, -0.2) is 21.4 Å². The van der Waals surface area contributed by atoms with E-state index in [1.54, 1.807) is 24.3 Å². The molecular weight excluding hydrogens is 392 g/mol. The van der Waals surface area contributed by atoms with Crippen LogP contribution in [-0.2, 0) is 4.79 Å². The van der Waals surface area contributed by atoms with Crippen molar-refractivity contribution < 1.29 is 4.79 Å². The zero-order chi connectivity index (χ0) is 20.9. The number of benzene rings is 3. The SMILES string of the molecule is CC(Sc1nnc(-c2ccccc2)c2ccccc12)C(=O)Nc1ccccc1C#N. The second kappa shape index (κ2) is 8.76. The van der Waals surface area contributed by atoms with E-state index in [2.05, 4.69) is 21.6 Å². The van der Waals surface area contributed by atoms with Crippen LogP contribution in [0.3, 0.4) is 0 Å². The molecule has 146 valence electrons. The number of thioether (sulfide) groups is 1. The van der Waals surface area contributed by atoms with Crippen LogP contribution in [0.4, 0.5) is 5.69 Å². The molecule has 1 N–H and O–H groups in total. The topological polar surface area (TPSA) is 78.7 Å². The van der Waals surface area contributed by atoms with Crippen molar-refractivity contribution in [3.8, 4) is 17.3 Å². The molecule has 0 spiro atoms. The fraction of sp³-hybridized carbons (Fsp3) is 0.0833. The lowest BCUT2D eigenvalue weighted by molar-refractivity contribution is -0.115. The Morgan fingerprint density at radius 1 is 0.933 bits per heavy atom. The Balaban J connectivity index is 1.61. The number of carbonyl (C=O) groups is 1. The first-order valence-electron chi connectivity index (χ1n) is 9.45. The van der Waals surface area contributed by atoms with E-state index in [1.807, 2.05) is 61.5 Å². The number of anilines is 1. The Kier molecular flexibility index (Phi) is 5.73. The van der Waals surface area contributed by atoms with Crippen molar-refractivity contribution in [3.05, 3.63) is 84.4 Å². The first-order chi connectivity index (χ1) is 14.7. The van der Waals surface area contributed by atoms with Crippen LogP contribution in [0.25, 0.3) is 22.0 Å². The normalized spacial score (nSPS) is 11.6. The summed E-state index contributed by atoms with van der Waals surface area (Å²) in [5, 5.41) is 23.2. The van der Waals surface area contributed by atoms with Gasteiger partial charge in [0.05, 0.1) is 16.5 Å². The maximum Gasteiger partial charge on any atom is 0.237 e. The molecule has 4 aromatic rings. The third-order valence-corrected chi connectivity index (χ3v) is 5.76. The molecule has 0 aliphatic heterocycles. The van der Waals surface area contributed by atoms with Crippen LogP contribution >= 0.6 is 11.8 Å². The first kappa shape index (κ1) is 19.6. The number of amides is 1. The van der Waals surface area contributed by atoms with Gasteiger partial charge in [0.2, 0.25) is 5.91 Å². The third-order valence-electron chi connectivity index (χ3n) is 4.66. The molecular formula is C24H18N4OS. The molecule has 0 bridgehead atoms. The van der Waals surface area contributed by atoms with Gasteiger partial charge < -0.3 is 5.32 Å². The Labute approximate surface area is 178 Å². The monoisotopic (exact) mass is 410 g/mol. The number of carbonyl (C=O) groups excluding carboxylic acids is 1. The van der Waals surface area contributed by atoms with Gasteiger partial charge in [-0.1, -0.05) is 78.5 Å². The summed E-state index contributed by atoms with van der Waals surface area (Å²) in [4.78, 5) is 12.7.